The second kappa shape index (κ2) is 25.0. The number of fused-ring (bicyclic) bond motifs is 15. The number of benzene rings is 2. The van der Waals surface area contributed by atoms with E-state index >= 15 is 0 Å². The summed E-state index contributed by atoms with van der Waals surface area (Å²) in [4.78, 5) is 0. The number of allylic oxidation sites excluding steroid dienone is 2. The molecule has 0 spiro atoms. The van der Waals surface area contributed by atoms with Crippen LogP contribution in [0.5, 0.6) is 0 Å². The first kappa shape index (κ1) is 56.8. The lowest BCUT2D eigenvalue weighted by Crippen LogP contribution is -2.39. The minimum atomic E-state index is -1.64. The van der Waals surface area contributed by atoms with Crippen molar-refractivity contribution < 1.29 is 0 Å². The van der Waals surface area contributed by atoms with Crippen molar-refractivity contribution in [1.82, 2.24) is 0 Å². The Morgan fingerprint density at radius 1 is 0.292 bits per heavy atom. The third-order valence-corrected chi connectivity index (χ3v) is 41.8. The molecule has 4 heterocycles. The first-order valence-electron chi connectivity index (χ1n) is 30.1. The van der Waals surface area contributed by atoms with E-state index in [1.807, 2.05) is 0 Å². The van der Waals surface area contributed by atoms with Crippen LogP contribution in [0.15, 0.2) is 24.3 Å². The lowest BCUT2D eigenvalue weighted by Gasteiger charge is -2.20. The maximum absolute atomic E-state index is 2.77. The van der Waals surface area contributed by atoms with E-state index in [9.17, 15) is 0 Å². The van der Waals surface area contributed by atoms with Gasteiger partial charge >= 0.3 is 0 Å². The van der Waals surface area contributed by atoms with Gasteiger partial charge in [-0.05, 0) is 65.6 Å². The molecule has 4 aromatic heterocycles. The van der Waals surface area contributed by atoms with E-state index in [1.54, 1.807) is 91.7 Å². The quantitative estimate of drug-likeness (QED) is 0.0292. The lowest BCUT2D eigenvalue weighted by molar-refractivity contribution is 0.623. The SMILES string of the molecule is CCCCCCCC[Si](C)(C)c1cc2c(s1)c1c(c3sc([Si](C)(C)CCCCCCCC)cc32)C2=Cc3c(c4sc([Si](C)(C)CCCCCCCC)cc4c4cc([Si](C)(C)CCCCCCCC)sc34)C2=C1. The van der Waals surface area contributed by atoms with Crippen LogP contribution in [-0.2, 0) is 0 Å². The van der Waals surface area contributed by atoms with Gasteiger partial charge in [-0.15, -0.1) is 45.3 Å². The van der Waals surface area contributed by atoms with Crippen LogP contribution in [0.3, 0.4) is 0 Å². The zero-order chi connectivity index (χ0) is 51.3. The molecule has 0 bridgehead atoms. The van der Waals surface area contributed by atoms with Gasteiger partial charge in [0.05, 0.1) is 32.3 Å². The molecule has 2 aliphatic carbocycles. The third-order valence-electron chi connectivity index (χ3n) is 17.7. The Kier molecular flexibility index (Phi) is 19.7. The van der Waals surface area contributed by atoms with Crippen molar-refractivity contribution in [2.45, 2.75) is 258 Å². The fourth-order valence-corrected chi connectivity index (χ4v) is 30.9. The summed E-state index contributed by atoms with van der Waals surface area (Å²) in [7, 11) is -6.54. The van der Waals surface area contributed by atoms with Crippen molar-refractivity contribution in [3.8, 4) is 0 Å². The maximum atomic E-state index is 2.77. The van der Waals surface area contributed by atoms with E-state index in [2.05, 4.69) is 162 Å². The van der Waals surface area contributed by atoms with E-state index < -0.39 is 32.3 Å². The second-order valence-corrected chi connectivity index (χ2v) is 50.6. The fourth-order valence-electron chi connectivity index (χ4n) is 12.5. The van der Waals surface area contributed by atoms with Gasteiger partial charge in [0.25, 0.3) is 0 Å². The molecule has 394 valence electrons. The summed E-state index contributed by atoms with van der Waals surface area (Å²) in [5, 5.41) is 6.34. The molecule has 6 aromatic rings. The Labute approximate surface area is 460 Å². The molecule has 0 unspecified atom stereocenters. The van der Waals surface area contributed by atoms with E-state index in [0.29, 0.717) is 0 Å². The smallest absolute Gasteiger partial charge is 0.0935 e. The minimum Gasteiger partial charge on any atom is -0.144 e. The Bertz CT molecular complexity index is 2640. The predicted molar refractivity (Wildman–Crippen MR) is 351 cm³/mol. The van der Waals surface area contributed by atoms with Crippen molar-refractivity contribution in [3.05, 3.63) is 46.5 Å². The van der Waals surface area contributed by atoms with Crippen LogP contribution >= 0.6 is 45.3 Å². The molecule has 0 radical (unpaired) electrons. The van der Waals surface area contributed by atoms with Crippen molar-refractivity contribution >= 4 is 159 Å². The molecule has 0 N–H and O–H groups in total. The molecule has 0 amide bonds. The van der Waals surface area contributed by atoms with Crippen molar-refractivity contribution in [2.75, 3.05) is 0 Å². The largest absolute Gasteiger partial charge is 0.144 e. The van der Waals surface area contributed by atoms with Crippen LogP contribution < -0.4 is 18.0 Å². The van der Waals surface area contributed by atoms with Gasteiger partial charge in [-0.3, -0.25) is 0 Å². The lowest BCUT2D eigenvalue weighted by atomic mass is 10.00. The molecule has 0 atom stereocenters. The molecule has 2 aliphatic rings. The Morgan fingerprint density at radius 2 is 0.514 bits per heavy atom. The molecule has 8 rings (SSSR count). The van der Waals surface area contributed by atoms with Gasteiger partial charge in [0.2, 0.25) is 0 Å². The molecule has 0 nitrogen and oxygen atoms in total. The predicted octanol–water partition coefficient (Wildman–Crippen LogP) is 22.1. The summed E-state index contributed by atoms with van der Waals surface area (Å²) < 4.78 is 13.4. The number of rotatable bonds is 32. The standard InChI is InChI=1S/C64H98S4Si4/c1-13-17-21-25-29-33-37-69(5,6)55-43-49-51-45-57(71(9,10)39-35-31-27-23-19-15-3)67-63(51)59-48-42-54-60(47(48)41-53(59)61(49)65-55)64-52(46-58(68-64)72(11,12)40-36-32-28-24-20-16-4)50-44-56(66-62(50)54)70(7,8)38-34-30-26-22-18-14-2/h41-46H,13-40H2,1-12H3. The minimum absolute atomic E-state index is 1.33. The highest BCUT2D eigenvalue weighted by Gasteiger charge is 2.39. The Balaban J connectivity index is 1.24. The highest BCUT2D eigenvalue weighted by Crippen LogP contribution is 2.58. The molecular weight excluding hydrogens is 1010 g/mol. The summed E-state index contributed by atoms with van der Waals surface area (Å²) in [5.41, 5.74) is 9.43. The van der Waals surface area contributed by atoms with E-state index in [4.69, 9.17) is 0 Å². The first-order chi connectivity index (χ1) is 34.6. The molecule has 0 fully saturated rings. The van der Waals surface area contributed by atoms with Gasteiger partial charge in [0.15, 0.2) is 0 Å². The van der Waals surface area contributed by atoms with Gasteiger partial charge in [0, 0.05) is 62.6 Å². The topological polar surface area (TPSA) is 0 Å². The first-order valence-corrected chi connectivity index (χ1v) is 46.2. The average molecular weight is 1110 g/mol. The van der Waals surface area contributed by atoms with Crippen molar-refractivity contribution in [3.63, 3.8) is 0 Å². The molecule has 0 aliphatic heterocycles. The number of unbranched alkanes of at least 4 members (excludes halogenated alkanes) is 20. The van der Waals surface area contributed by atoms with Gasteiger partial charge < -0.3 is 0 Å². The zero-order valence-corrected chi connectivity index (χ0v) is 55.2. The molecule has 8 heteroatoms. The van der Waals surface area contributed by atoms with Gasteiger partial charge in [-0.2, -0.15) is 0 Å². The Morgan fingerprint density at radius 3 is 0.778 bits per heavy atom. The summed E-state index contributed by atoms with van der Waals surface area (Å²) in [6.45, 7) is 31.0. The number of hydrogen-bond donors (Lipinski definition) is 0. The van der Waals surface area contributed by atoms with Crippen LogP contribution in [0.4, 0.5) is 0 Å². The monoisotopic (exact) mass is 1110 g/mol. The summed E-state index contributed by atoms with van der Waals surface area (Å²) in [5.74, 6) is 0. The van der Waals surface area contributed by atoms with E-state index in [-0.39, 0.29) is 0 Å². The Hall–Kier alpha value is -1.37. The van der Waals surface area contributed by atoms with Crippen LogP contribution in [-0.4, -0.2) is 32.3 Å². The highest BCUT2D eigenvalue weighted by atomic mass is 32.1. The maximum Gasteiger partial charge on any atom is 0.0935 e. The van der Waals surface area contributed by atoms with Crippen LogP contribution in [0, 0.1) is 0 Å². The summed E-state index contributed by atoms with van der Waals surface area (Å²) >= 11 is 8.91. The normalized spacial score (nSPS) is 14.2. The molecule has 2 aromatic carbocycles. The highest BCUT2D eigenvalue weighted by molar-refractivity contribution is 7.35. The second-order valence-electron chi connectivity index (χ2n) is 25.7. The van der Waals surface area contributed by atoms with Crippen LogP contribution in [0.2, 0.25) is 76.6 Å². The van der Waals surface area contributed by atoms with E-state index in [1.165, 1.54) is 178 Å². The molecule has 0 saturated carbocycles. The summed E-state index contributed by atoms with van der Waals surface area (Å²) in [6.07, 6.45) is 38.9. The number of hydrogen-bond acceptors (Lipinski definition) is 4. The third kappa shape index (κ3) is 12.5. The molecule has 0 saturated heterocycles. The van der Waals surface area contributed by atoms with Crippen molar-refractivity contribution in [1.29, 1.82) is 0 Å². The molecule has 72 heavy (non-hydrogen) atoms. The summed E-state index contributed by atoms with van der Waals surface area (Å²) in [6, 6.07) is 16.7. The van der Waals surface area contributed by atoms with Crippen LogP contribution in [0.1, 0.15) is 204 Å². The zero-order valence-electron chi connectivity index (χ0n) is 47.9. The van der Waals surface area contributed by atoms with Gasteiger partial charge in [-0.1, -0.05) is 258 Å². The fraction of sp³-hybridized carbons (Fsp3) is 0.625. The van der Waals surface area contributed by atoms with Crippen molar-refractivity contribution in [2.24, 2.45) is 0 Å². The van der Waals surface area contributed by atoms with Crippen LogP contribution in [0.25, 0.3) is 63.6 Å². The van der Waals surface area contributed by atoms with Gasteiger partial charge in [-0.25, -0.2) is 0 Å². The van der Waals surface area contributed by atoms with E-state index in [0.717, 1.165) is 0 Å². The number of thiophene rings is 4. The van der Waals surface area contributed by atoms with Gasteiger partial charge in [0.1, 0.15) is 0 Å². The average Bonchev–Trinajstić information content (AvgIpc) is 4.20. The molecular formula is C64H98S4Si4.